The van der Waals surface area contributed by atoms with E-state index in [9.17, 15) is 9.59 Å². The van der Waals surface area contributed by atoms with Crippen molar-refractivity contribution < 1.29 is 9.59 Å². The van der Waals surface area contributed by atoms with Gasteiger partial charge in [0.25, 0.3) is 5.91 Å². The van der Waals surface area contributed by atoms with Gasteiger partial charge in [0.1, 0.15) is 5.69 Å². The molecule has 0 saturated carbocycles. The normalized spacial score (nSPS) is 25.1. The molecular formula is C18H22N4O2S. The van der Waals surface area contributed by atoms with E-state index >= 15 is 0 Å². The summed E-state index contributed by atoms with van der Waals surface area (Å²) in [5.74, 6) is 0.477. The number of carbonyl (C=O) groups excluding carboxylic acids is 2. The van der Waals surface area contributed by atoms with Gasteiger partial charge in [-0.3, -0.25) is 14.6 Å². The lowest BCUT2D eigenvalue weighted by atomic mass is 9.84. The Kier molecular flexibility index (Phi) is 4.21. The minimum atomic E-state index is -0.101. The fraction of sp³-hybridized carbons (Fsp3) is 0.500. The van der Waals surface area contributed by atoms with E-state index < -0.39 is 0 Å². The molecule has 5 rings (SSSR count). The Balaban J connectivity index is 1.52. The Morgan fingerprint density at radius 1 is 1.32 bits per heavy atom. The van der Waals surface area contributed by atoms with E-state index in [0.717, 1.165) is 34.7 Å². The molecule has 2 aromatic heterocycles. The van der Waals surface area contributed by atoms with E-state index in [1.807, 2.05) is 12.1 Å². The Morgan fingerprint density at radius 3 is 2.72 bits per heavy atom. The van der Waals surface area contributed by atoms with Crippen molar-refractivity contribution in [2.75, 3.05) is 31.6 Å². The van der Waals surface area contributed by atoms with Crippen LogP contribution in [0, 0.1) is 5.92 Å². The van der Waals surface area contributed by atoms with Crippen molar-refractivity contribution in [3.63, 3.8) is 0 Å². The van der Waals surface area contributed by atoms with Crippen molar-refractivity contribution >= 4 is 38.2 Å². The molecule has 0 aromatic carbocycles. The molecule has 6 nitrogen and oxygen atoms in total. The standard InChI is InChI=1S/C18H22N4O2S/c1-11(23)21(2)17-7-13-9-19-14(8-16(13)25-17)18(24)20-15-10-22-5-3-12(15)4-6-22/h7-9,12,15H,3-6,10H2,1-2H3,(H,20,24). The predicted octanol–water partition coefficient (Wildman–Crippen LogP) is 2.10. The number of pyridine rings is 1. The molecule has 3 aliphatic rings. The molecule has 132 valence electrons. The molecule has 2 amide bonds. The molecule has 3 fully saturated rings. The Labute approximate surface area is 150 Å². The van der Waals surface area contributed by atoms with Crippen molar-refractivity contribution in [1.82, 2.24) is 15.2 Å². The lowest BCUT2D eigenvalue weighted by molar-refractivity contribution is -0.116. The lowest BCUT2D eigenvalue weighted by Crippen LogP contribution is -2.57. The number of piperidine rings is 3. The van der Waals surface area contributed by atoms with Gasteiger partial charge in [0.05, 0.1) is 5.00 Å². The van der Waals surface area contributed by atoms with Gasteiger partial charge in [0.15, 0.2) is 0 Å². The maximum Gasteiger partial charge on any atom is 0.270 e. The Hall–Kier alpha value is -1.99. The average molecular weight is 358 g/mol. The van der Waals surface area contributed by atoms with Crippen LogP contribution in [-0.4, -0.2) is 54.4 Å². The minimum Gasteiger partial charge on any atom is -0.346 e. The number of hydrogen-bond acceptors (Lipinski definition) is 5. The van der Waals surface area contributed by atoms with E-state index in [1.54, 1.807) is 18.1 Å². The number of amides is 2. The number of thiophene rings is 1. The molecular weight excluding hydrogens is 336 g/mol. The zero-order valence-electron chi connectivity index (χ0n) is 14.5. The quantitative estimate of drug-likeness (QED) is 0.913. The molecule has 2 aromatic rings. The Bertz CT molecular complexity index is 826. The summed E-state index contributed by atoms with van der Waals surface area (Å²) in [6.45, 7) is 4.80. The van der Waals surface area contributed by atoms with Crippen molar-refractivity contribution in [2.24, 2.45) is 5.92 Å². The molecule has 1 N–H and O–H groups in total. The van der Waals surface area contributed by atoms with Crippen LogP contribution < -0.4 is 10.2 Å². The number of nitrogens with zero attached hydrogens (tertiary/aromatic N) is 3. The summed E-state index contributed by atoms with van der Waals surface area (Å²) in [6, 6.07) is 3.99. The summed E-state index contributed by atoms with van der Waals surface area (Å²) in [7, 11) is 1.75. The van der Waals surface area contributed by atoms with Gasteiger partial charge >= 0.3 is 0 Å². The van der Waals surface area contributed by atoms with E-state index in [1.165, 1.54) is 31.1 Å². The minimum absolute atomic E-state index is 0.0140. The third-order valence-corrected chi connectivity index (χ3v) is 6.57. The van der Waals surface area contributed by atoms with Crippen molar-refractivity contribution in [3.05, 3.63) is 24.0 Å². The predicted molar refractivity (Wildman–Crippen MR) is 99.1 cm³/mol. The second-order valence-electron chi connectivity index (χ2n) is 6.99. The molecule has 7 heteroatoms. The largest absolute Gasteiger partial charge is 0.346 e. The van der Waals surface area contributed by atoms with E-state index in [4.69, 9.17) is 0 Å². The fourth-order valence-corrected chi connectivity index (χ4v) is 4.81. The van der Waals surface area contributed by atoms with Crippen molar-refractivity contribution in [1.29, 1.82) is 0 Å². The summed E-state index contributed by atoms with van der Waals surface area (Å²) < 4.78 is 0.970. The molecule has 2 bridgehead atoms. The van der Waals surface area contributed by atoms with Gasteiger partial charge in [-0.15, -0.1) is 11.3 Å². The van der Waals surface area contributed by atoms with E-state index in [-0.39, 0.29) is 17.9 Å². The van der Waals surface area contributed by atoms with Crippen molar-refractivity contribution in [2.45, 2.75) is 25.8 Å². The number of anilines is 1. The van der Waals surface area contributed by atoms with Crippen LogP contribution in [0.4, 0.5) is 5.00 Å². The van der Waals surface area contributed by atoms with Gasteiger partial charge in [-0.2, -0.15) is 0 Å². The molecule has 0 radical (unpaired) electrons. The molecule has 0 aliphatic carbocycles. The first-order valence-electron chi connectivity index (χ1n) is 8.68. The highest BCUT2D eigenvalue weighted by molar-refractivity contribution is 7.23. The highest BCUT2D eigenvalue weighted by Gasteiger charge is 2.35. The third-order valence-electron chi connectivity index (χ3n) is 5.40. The number of rotatable bonds is 3. The van der Waals surface area contributed by atoms with E-state index in [2.05, 4.69) is 15.2 Å². The maximum absolute atomic E-state index is 12.6. The van der Waals surface area contributed by atoms with Gasteiger partial charge in [-0.05, 0) is 44.0 Å². The molecule has 3 saturated heterocycles. The van der Waals surface area contributed by atoms with Gasteiger partial charge < -0.3 is 15.1 Å². The van der Waals surface area contributed by atoms with Crippen LogP contribution in [0.1, 0.15) is 30.3 Å². The zero-order chi connectivity index (χ0) is 17.6. The monoisotopic (exact) mass is 358 g/mol. The van der Waals surface area contributed by atoms with Gasteiger partial charge in [-0.1, -0.05) is 0 Å². The molecule has 0 spiro atoms. The molecule has 1 atom stereocenters. The van der Waals surface area contributed by atoms with Crippen LogP contribution in [0.15, 0.2) is 18.3 Å². The summed E-state index contributed by atoms with van der Waals surface area (Å²) in [4.78, 5) is 32.5. The molecule has 1 unspecified atom stereocenters. The second-order valence-corrected chi connectivity index (χ2v) is 8.05. The van der Waals surface area contributed by atoms with Crippen LogP contribution in [-0.2, 0) is 4.79 Å². The first kappa shape index (κ1) is 16.5. The maximum atomic E-state index is 12.6. The average Bonchev–Trinajstić information content (AvgIpc) is 3.05. The summed E-state index contributed by atoms with van der Waals surface area (Å²) in [5, 5.41) is 4.99. The number of hydrogen-bond donors (Lipinski definition) is 1. The number of aromatic nitrogens is 1. The topological polar surface area (TPSA) is 65.5 Å². The summed E-state index contributed by atoms with van der Waals surface area (Å²) in [6.07, 6.45) is 4.06. The molecule has 25 heavy (non-hydrogen) atoms. The van der Waals surface area contributed by atoms with Crippen LogP contribution in [0.3, 0.4) is 0 Å². The molecule has 5 heterocycles. The van der Waals surface area contributed by atoms with Crippen molar-refractivity contribution in [3.8, 4) is 0 Å². The third kappa shape index (κ3) is 3.14. The smallest absolute Gasteiger partial charge is 0.270 e. The highest BCUT2D eigenvalue weighted by atomic mass is 32.1. The highest BCUT2D eigenvalue weighted by Crippen LogP contribution is 2.32. The van der Waals surface area contributed by atoms with E-state index in [0.29, 0.717) is 11.6 Å². The van der Waals surface area contributed by atoms with Gasteiger partial charge in [0, 0.05) is 42.8 Å². The number of nitrogens with one attached hydrogen (secondary N) is 1. The summed E-state index contributed by atoms with van der Waals surface area (Å²) >= 11 is 1.50. The van der Waals surface area contributed by atoms with Gasteiger partial charge in [0.2, 0.25) is 5.91 Å². The SMILES string of the molecule is CC(=O)N(C)c1cc2cnc(C(=O)NC3CN4CCC3CC4)cc2s1. The first-order chi connectivity index (χ1) is 12.0. The second kappa shape index (κ2) is 6.38. The van der Waals surface area contributed by atoms with Crippen LogP contribution in [0.2, 0.25) is 0 Å². The van der Waals surface area contributed by atoms with Crippen LogP contribution >= 0.6 is 11.3 Å². The Morgan fingerprint density at radius 2 is 2.08 bits per heavy atom. The lowest BCUT2D eigenvalue weighted by Gasteiger charge is -2.44. The molecule has 3 aliphatic heterocycles. The fourth-order valence-electron chi connectivity index (χ4n) is 3.73. The zero-order valence-corrected chi connectivity index (χ0v) is 15.3. The number of fused-ring (bicyclic) bond motifs is 4. The first-order valence-corrected chi connectivity index (χ1v) is 9.50. The summed E-state index contributed by atoms with van der Waals surface area (Å²) in [5.41, 5.74) is 0.447. The van der Waals surface area contributed by atoms with Crippen LogP contribution in [0.25, 0.3) is 10.1 Å². The van der Waals surface area contributed by atoms with Crippen LogP contribution in [0.5, 0.6) is 0 Å². The number of carbonyl (C=O) groups is 2. The van der Waals surface area contributed by atoms with Gasteiger partial charge in [-0.25, -0.2) is 0 Å².